The molecule has 3 saturated heterocycles. The van der Waals surface area contributed by atoms with E-state index in [9.17, 15) is 23.2 Å². The van der Waals surface area contributed by atoms with E-state index >= 15 is 0 Å². The Morgan fingerprint density at radius 3 is 2.37 bits per heavy atom. The molecule has 2 N–H and O–H groups in total. The van der Waals surface area contributed by atoms with Crippen LogP contribution in [0.25, 0.3) is 0 Å². The fourth-order valence-corrected chi connectivity index (χ4v) is 7.80. The first-order valence-electron chi connectivity index (χ1n) is 19.4. The number of aromatic amines is 1. The summed E-state index contributed by atoms with van der Waals surface area (Å²) in [5.41, 5.74) is 1.94. The number of benzene rings is 3. The average Bonchev–Trinajstić information content (AvgIpc) is 4.07. The molecule has 4 fully saturated rings. The summed E-state index contributed by atoms with van der Waals surface area (Å²) in [5.74, 6) is -1.15. The van der Waals surface area contributed by atoms with Gasteiger partial charge in [0.05, 0.1) is 19.3 Å². The minimum atomic E-state index is -3.09. The monoisotopic (exact) mass is 854 g/mol. The lowest BCUT2D eigenvalue weighted by Crippen LogP contribution is -2.52. The molecule has 8 rings (SSSR count). The molecule has 4 aliphatic rings. The molecule has 0 spiro atoms. The standard InChI is InChI=1S/C43H43Cl2F2N3O9/c1-54-31-7-3-4-28(17-31)40(42(53)58-38-22-50-14-12-26(38)13-15-50)49-30-6-2-5-29(16-30)41(52)56-24-39(51)57-36(19-32-33(44)20-48-21-34(32)45)27-10-11-35(59-43(46)47)37(18-27)55-23-25-8-9-25/h2-7,10-11,16-18,20-21,25-26,36,38,40,43,49H,8-9,12-15,19,22-24H2,1H3/p+1/t36-,38-,40?/m0/s1. The molecule has 59 heavy (non-hydrogen) atoms. The Bertz CT molecular complexity index is 2110. The summed E-state index contributed by atoms with van der Waals surface area (Å²) in [6.07, 6.45) is 5.59. The van der Waals surface area contributed by atoms with Crippen LogP contribution in [0.15, 0.2) is 79.1 Å². The van der Waals surface area contributed by atoms with Crippen molar-refractivity contribution in [1.29, 1.82) is 0 Å². The average molecular weight is 856 g/mol. The van der Waals surface area contributed by atoms with Gasteiger partial charge in [-0.05, 0) is 104 Å². The molecule has 4 aromatic rings. The Morgan fingerprint density at radius 2 is 1.68 bits per heavy atom. The van der Waals surface area contributed by atoms with Gasteiger partial charge in [0.1, 0.15) is 28.0 Å². The second-order valence-electron chi connectivity index (χ2n) is 14.8. The normalized spacial score (nSPS) is 19.3. The highest BCUT2D eigenvalue weighted by Gasteiger charge is 2.38. The molecule has 4 heterocycles. The fourth-order valence-electron chi connectivity index (χ4n) is 7.27. The second-order valence-corrected chi connectivity index (χ2v) is 15.6. The number of carbonyl (C=O) groups excluding carboxylic acids is 3. The number of nitrogens with one attached hydrogen (secondary N) is 2. The van der Waals surface area contributed by atoms with Crippen LogP contribution in [-0.4, -0.2) is 75.5 Å². The van der Waals surface area contributed by atoms with Gasteiger partial charge in [0.2, 0.25) is 0 Å². The van der Waals surface area contributed by atoms with Crippen molar-refractivity contribution in [2.45, 2.75) is 57.0 Å². The number of alkyl halides is 2. The molecule has 312 valence electrons. The zero-order chi connectivity index (χ0) is 41.5. The number of anilines is 1. The number of ether oxygens (including phenoxy) is 6. The first-order chi connectivity index (χ1) is 28.5. The summed E-state index contributed by atoms with van der Waals surface area (Å²) >= 11 is 12.9. The van der Waals surface area contributed by atoms with Gasteiger partial charge in [0.25, 0.3) is 0 Å². The summed E-state index contributed by atoms with van der Waals surface area (Å²) in [6, 6.07) is 16.7. The molecule has 0 radical (unpaired) electrons. The summed E-state index contributed by atoms with van der Waals surface area (Å²) in [7, 11) is 1.54. The first-order valence-corrected chi connectivity index (χ1v) is 20.1. The zero-order valence-electron chi connectivity index (χ0n) is 32.2. The lowest BCUT2D eigenvalue weighted by Gasteiger charge is -2.44. The number of nitrogens with zero attached hydrogens (tertiary/aromatic N) is 1. The molecular weight excluding hydrogens is 811 g/mol. The number of hydrogen-bond donors (Lipinski definition) is 1. The molecule has 16 heteroatoms. The van der Waals surface area contributed by atoms with E-state index in [0.29, 0.717) is 53.1 Å². The number of aromatic nitrogens is 1. The highest BCUT2D eigenvalue weighted by Crippen LogP contribution is 2.38. The summed E-state index contributed by atoms with van der Waals surface area (Å²) in [4.78, 5) is 45.6. The predicted octanol–water partition coefficient (Wildman–Crippen LogP) is 7.68. The maximum absolute atomic E-state index is 13.8. The number of piperidine rings is 3. The molecule has 1 aromatic heterocycles. The number of rotatable bonds is 18. The van der Waals surface area contributed by atoms with Gasteiger partial charge in [-0.2, -0.15) is 8.78 Å². The molecule has 3 aromatic carbocycles. The summed E-state index contributed by atoms with van der Waals surface area (Å²) < 4.78 is 59.8. The lowest BCUT2D eigenvalue weighted by atomic mass is 9.86. The van der Waals surface area contributed by atoms with Crippen molar-refractivity contribution in [3.05, 3.63) is 111 Å². The van der Waals surface area contributed by atoms with Gasteiger partial charge in [0.15, 0.2) is 36.5 Å². The van der Waals surface area contributed by atoms with Crippen LogP contribution in [0.3, 0.4) is 0 Å². The third kappa shape index (κ3) is 11.1. The molecule has 1 saturated carbocycles. The lowest BCUT2D eigenvalue weighted by molar-refractivity contribution is -0.377. The van der Waals surface area contributed by atoms with Crippen LogP contribution in [0.1, 0.15) is 64.9 Å². The van der Waals surface area contributed by atoms with Gasteiger partial charge < -0.3 is 33.7 Å². The fraction of sp³-hybridized carbons (Fsp3) is 0.395. The van der Waals surface area contributed by atoms with E-state index < -0.39 is 43.3 Å². The Kier molecular flexibility index (Phi) is 13.7. The van der Waals surface area contributed by atoms with E-state index in [4.69, 9.17) is 46.9 Å². The van der Waals surface area contributed by atoms with Gasteiger partial charge in [0, 0.05) is 24.2 Å². The molecule has 3 aliphatic heterocycles. The molecule has 1 aliphatic carbocycles. The van der Waals surface area contributed by atoms with Crippen LogP contribution in [-0.2, 0) is 30.2 Å². The molecular formula is C43H44Cl2F2N3O9+. The molecule has 2 bridgehead atoms. The van der Waals surface area contributed by atoms with Crippen molar-refractivity contribution in [3.63, 3.8) is 0 Å². The van der Waals surface area contributed by atoms with Crippen LogP contribution in [0, 0.1) is 11.8 Å². The van der Waals surface area contributed by atoms with E-state index in [1.54, 1.807) is 43.5 Å². The van der Waals surface area contributed by atoms with Crippen molar-refractivity contribution in [2.24, 2.45) is 11.8 Å². The highest BCUT2D eigenvalue weighted by atomic mass is 35.5. The van der Waals surface area contributed by atoms with E-state index in [-0.39, 0.29) is 39.6 Å². The summed E-state index contributed by atoms with van der Waals surface area (Å²) in [6.45, 7) is -0.867. The van der Waals surface area contributed by atoms with Crippen molar-refractivity contribution >= 4 is 46.8 Å². The van der Waals surface area contributed by atoms with Crippen molar-refractivity contribution in [1.82, 2.24) is 4.90 Å². The molecule has 0 amide bonds. The molecule has 3 atom stereocenters. The third-order valence-electron chi connectivity index (χ3n) is 10.6. The first kappa shape index (κ1) is 42.0. The maximum Gasteiger partial charge on any atom is 0.387 e. The van der Waals surface area contributed by atoms with Gasteiger partial charge in [-0.15, -0.1) is 0 Å². The maximum atomic E-state index is 13.8. The van der Waals surface area contributed by atoms with Crippen LogP contribution < -0.4 is 24.5 Å². The minimum absolute atomic E-state index is 0.0204. The van der Waals surface area contributed by atoms with Gasteiger partial charge >= 0.3 is 24.5 Å². The Hall–Kier alpha value is -5.18. The number of pyridine rings is 1. The number of carbonyl (C=O) groups is 3. The summed E-state index contributed by atoms with van der Waals surface area (Å²) in [5, 5.41) is 3.76. The van der Waals surface area contributed by atoms with E-state index in [1.807, 2.05) is 0 Å². The van der Waals surface area contributed by atoms with Crippen molar-refractivity contribution in [3.8, 4) is 17.2 Å². The van der Waals surface area contributed by atoms with E-state index in [0.717, 1.165) is 38.8 Å². The smallest absolute Gasteiger partial charge is 0.387 e. The van der Waals surface area contributed by atoms with E-state index in [2.05, 4.69) is 19.9 Å². The second kappa shape index (κ2) is 19.3. The Labute approximate surface area is 350 Å². The van der Waals surface area contributed by atoms with Crippen LogP contribution in [0.4, 0.5) is 14.5 Å². The number of fused-ring (bicyclic) bond motifs is 3. The number of halogens is 4. The minimum Gasteiger partial charge on any atom is -0.497 e. The van der Waals surface area contributed by atoms with Crippen LogP contribution in [0.5, 0.6) is 17.2 Å². The quantitative estimate of drug-likeness (QED) is 0.0780. The van der Waals surface area contributed by atoms with Crippen molar-refractivity contribution in [2.75, 3.05) is 45.3 Å². The highest BCUT2D eigenvalue weighted by molar-refractivity contribution is 6.35. The topological polar surface area (TPSA) is 136 Å². The van der Waals surface area contributed by atoms with Crippen LogP contribution in [0.2, 0.25) is 10.0 Å². The Balaban J connectivity index is 1.05. The van der Waals surface area contributed by atoms with E-state index in [1.165, 1.54) is 42.7 Å². The number of esters is 3. The largest absolute Gasteiger partial charge is 0.497 e. The van der Waals surface area contributed by atoms with Crippen LogP contribution >= 0.6 is 23.2 Å². The molecule has 12 nitrogen and oxygen atoms in total. The predicted molar refractivity (Wildman–Crippen MR) is 212 cm³/mol. The van der Waals surface area contributed by atoms with Crippen molar-refractivity contribution < 1.29 is 56.6 Å². The van der Waals surface area contributed by atoms with Gasteiger partial charge in [-0.3, -0.25) is 4.90 Å². The molecule has 1 unspecified atom stereocenters. The number of hydrogen-bond acceptors (Lipinski definition) is 11. The number of H-pyrrole nitrogens is 1. The SMILES string of the molecule is COc1cccc(C(Nc2cccc(C(=O)OCC(=O)O[C@@H](Cc3c(Cl)c[nH+]cc3Cl)c3ccc(OC(F)F)c(OCC4CC4)c3)c2)C(=O)O[C@H]2CN3CCC2CC3)c1. The number of methoxy groups -OCH3 is 1. The zero-order valence-corrected chi connectivity index (χ0v) is 33.7. The third-order valence-corrected chi connectivity index (χ3v) is 11.3. The Morgan fingerprint density at radius 1 is 0.915 bits per heavy atom. The van der Waals surface area contributed by atoms with Gasteiger partial charge in [-0.1, -0.05) is 47.5 Å². The van der Waals surface area contributed by atoms with Gasteiger partial charge in [-0.25, -0.2) is 19.4 Å².